The van der Waals surface area contributed by atoms with Crippen molar-refractivity contribution in [2.24, 2.45) is 11.7 Å². The van der Waals surface area contributed by atoms with Gasteiger partial charge in [-0.3, -0.25) is 9.78 Å². The van der Waals surface area contributed by atoms with Gasteiger partial charge >= 0.3 is 0 Å². The number of carbonyl (C=O) groups is 1. The van der Waals surface area contributed by atoms with Gasteiger partial charge < -0.3 is 15.8 Å². The highest BCUT2D eigenvalue weighted by molar-refractivity contribution is 7.14. The van der Waals surface area contributed by atoms with Gasteiger partial charge in [0.25, 0.3) is 0 Å². The summed E-state index contributed by atoms with van der Waals surface area (Å²) in [6.07, 6.45) is 4.42. The quantitative estimate of drug-likeness (QED) is 0.563. The molecule has 2 aromatic heterocycles. The lowest BCUT2D eigenvalue weighted by molar-refractivity contribution is -0.114. The van der Waals surface area contributed by atoms with Crippen molar-refractivity contribution in [2.75, 3.05) is 11.9 Å². The van der Waals surface area contributed by atoms with Crippen molar-refractivity contribution in [3.8, 4) is 11.4 Å². The van der Waals surface area contributed by atoms with Crippen molar-refractivity contribution < 1.29 is 13.9 Å². The first kappa shape index (κ1) is 26.1. The Morgan fingerprint density at radius 1 is 1.20 bits per heavy atom. The topological polar surface area (TPSA) is 90.1 Å². The summed E-state index contributed by atoms with van der Waals surface area (Å²) in [6, 6.07) is 5.25. The van der Waals surface area contributed by atoms with Gasteiger partial charge in [-0.1, -0.05) is 44.6 Å². The predicted molar refractivity (Wildman–Crippen MR) is 122 cm³/mol. The van der Waals surface area contributed by atoms with E-state index in [1.807, 2.05) is 13.0 Å². The van der Waals surface area contributed by atoms with Crippen LogP contribution in [0.4, 0.5) is 9.52 Å². The van der Waals surface area contributed by atoms with E-state index >= 15 is 0 Å². The van der Waals surface area contributed by atoms with Crippen molar-refractivity contribution in [3.05, 3.63) is 29.0 Å². The fourth-order valence-corrected chi connectivity index (χ4v) is 3.36. The maximum atomic E-state index is 13.7. The van der Waals surface area contributed by atoms with E-state index in [1.165, 1.54) is 12.8 Å². The molecule has 0 saturated carbocycles. The largest absolute Gasteiger partial charge is 0.376 e. The van der Waals surface area contributed by atoms with Gasteiger partial charge in [0.05, 0.1) is 24.4 Å². The Morgan fingerprint density at radius 2 is 1.90 bits per heavy atom. The zero-order valence-electron chi connectivity index (χ0n) is 18.9. The van der Waals surface area contributed by atoms with Crippen LogP contribution in [0, 0.1) is 18.0 Å². The minimum Gasteiger partial charge on any atom is -0.376 e. The molecule has 3 N–H and O–H groups in total. The molecule has 2 aromatic rings. The zero-order valence-corrected chi connectivity index (χ0v) is 19.7. The Hall–Kier alpha value is -1.90. The van der Waals surface area contributed by atoms with Crippen molar-refractivity contribution in [1.29, 1.82) is 0 Å². The number of halogens is 1. The van der Waals surface area contributed by atoms with E-state index in [2.05, 4.69) is 49.9 Å². The molecule has 0 aromatic carbocycles. The molecule has 0 spiro atoms. The Balaban J connectivity index is 0.000000329. The zero-order chi connectivity index (χ0) is 22.7. The molecule has 0 bridgehead atoms. The van der Waals surface area contributed by atoms with Gasteiger partial charge in [-0.25, -0.2) is 4.98 Å². The smallest absolute Gasteiger partial charge is 0.239 e. The second kappa shape index (κ2) is 13.4. The summed E-state index contributed by atoms with van der Waals surface area (Å²) in [5.74, 6) is 0.386. The summed E-state index contributed by atoms with van der Waals surface area (Å²) in [7, 11) is 0. The summed E-state index contributed by atoms with van der Waals surface area (Å²) in [5.41, 5.74) is 6.50. The molecule has 0 saturated heterocycles. The number of carbonyl (C=O) groups excluding carboxylic acids is 1. The Bertz CT molecular complexity index is 772. The number of nitrogens with zero attached hydrogens (tertiary/aromatic N) is 2. The molecular weight excluding hydrogens is 403 g/mol. The molecule has 0 radical (unpaired) electrons. The van der Waals surface area contributed by atoms with Crippen LogP contribution in [0.1, 0.15) is 59.6 Å². The number of ether oxygens (including phenoxy) is 1. The fraction of sp³-hybridized carbons (Fsp3) is 0.591. The van der Waals surface area contributed by atoms with E-state index in [-0.39, 0.29) is 17.4 Å². The summed E-state index contributed by atoms with van der Waals surface area (Å²) < 4.78 is 19.5. The minimum atomic E-state index is -0.486. The van der Waals surface area contributed by atoms with Crippen LogP contribution in [0.2, 0.25) is 0 Å². The van der Waals surface area contributed by atoms with Crippen molar-refractivity contribution in [1.82, 2.24) is 9.97 Å². The van der Waals surface area contributed by atoms with Crippen molar-refractivity contribution in [3.63, 3.8) is 0 Å². The van der Waals surface area contributed by atoms with E-state index in [9.17, 15) is 9.18 Å². The van der Waals surface area contributed by atoms with Crippen molar-refractivity contribution in [2.45, 2.75) is 73.0 Å². The van der Waals surface area contributed by atoms with Crippen LogP contribution in [-0.4, -0.2) is 34.6 Å². The summed E-state index contributed by atoms with van der Waals surface area (Å²) in [4.78, 5) is 19.3. The molecule has 30 heavy (non-hydrogen) atoms. The van der Waals surface area contributed by atoms with E-state index in [1.54, 1.807) is 12.1 Å². The molecule has 8 heteroatoms. The number of anilines is 1. The molecule has 0 aliphatic carbocycles. The minimum absolute atomic E-state index is 0.135. The standard InChI is InChI=1S/C11H11FN4OS.C11H24O/c1-6-3-2-4-7(14-6)9-10(12)18-11(16-9)15-8(17)5-13;1-6-9(3)8-11(5)12-10(4)7-2/h2-4H,5,13H2,1H3,(H,15,16,17);9-11H,6-8H2,1-5H3. The fourth-order valence-electron chi connectivity index (χ4n) is 2.64. The molecular formula is C22H35FN4O2S. The summed E-state index contributed by atoms with van der Waals surface area (Å²) in [6.45, 7) is 12.7. The molecule has 0 fully saturated rings. The predicted octanol–water partition coefficient (Wildman–Crippen LogP) is 5.18. The monoisotopic (exact) mass is 438 g/mol. The average molecular weight is 439 g/mol. The van der Waals surface area contributed by atoms with Crippen LogP contribution in [0.3, 0.4) is 0 Å². The highest BCUT2D eigenvalue weighted by Gasteiger charge is 2.15. The average Bonchev–Trinajstić information content (AvgIpc) is 3.07. The van der Waals surface area contributed by atoms with Crippen LogP contribution in [0.5, 0.6) is 0 Å². The SMILES string of the molecule is CCC(C)CC(C)OC(C)CC.Cc1cccc(-c2nc(NC(=O)CN)sc2F)n1. The maximum absolute atomic E-state index is 13.7. The van der Waals surface area contributed by atoms with Crippen LogP contribution in [0.15, 0.2) is 18.2 Å². The molecule has 3 atom stereocenters. The normalized spacial score (nSPS) is 13.7. The van der Waals surface area contributed by atoms with Crippen molar-refractivity contribution >= 4 is 22.4 Å². The third-order valence-corrected chi connectivity index (χ3v) is 5.38. The lowest BCUT2D eigenvalue weighted by Gasteiger charge is -2.20. The van der Waals surface area contributed by atoms with E-state index in [0.717, 1.165) is 29.4 Å². The van der Waals surface area contributed by atoms with Crippen LogP contribution in [-0.2, 0) is 9.53 Å². The Kier molecular flexibility index (Phi) is 11.7. The Morgan fingerprint density at radius 3 is 2.47 bits per heavy atom. The van der Waals surface area contributed by atoms with Gasteiger partial charge in [0.2, 0.25) is 11.0 Å². The number of aryl methyl sites for hydroxylation is 1. The van der Waals surface area contributed by atoms with E-state index in [4.69, 9.17) is 10.5 Å². The number of nitrogens with one attached hydrogen (secondary N) is 1. The molecule has 168 valence electrons. The first-order valence-electron chi connectivity index (χ1n) is 10.5. The number of thiazole rings is 1. The van der Waals surface area contributed by atoms with Gasteiger partial charge in [0.15, 0.2) is 5.13 Å². The molecule has 1 amide bonds. The second-order valence-corrected chi connectivity index (χ2v) is 8.42. The summed E-state index contributed by atoms with van der Waals surface area (Å²) >= 11 is 0.753. The third kappa shape index (κ3) is 9.28. The number of hydrogen-bond donors (Lipinski definition) is 2. The van der Waals surface area contributed by atoms with Gasteiger partial charge in [-0.2, -0.15) is 4.39 Å². The lowest BCUT2D eigenvalue weighted by atomic mass is 10.0. The second-order valence-electron chi connectivity index (χ2n) is 7.47. The number of amides is 1. The first-order chi connectivity index (χ1) is 14.2. The number of hydrogen-bond acceptors (Lipinski definition) is 6. The number of nitrogens with two attached hydrogens (primary N) is 1. The van der Waals surface area contributed by atoms with Gasteiger partial charge in [0.1, 0.15) is 5.69 Å². The summed E-state index contributed by atoms with van der Waals surface area (Å²) in [5, 5.41) is 2.11. The number of aromatic nitrogens is 2. The third-order valence-electron chi connectivity index (χ3n) is 4.62. The van der Waals surface area contributed by atoms with E-state index < -0.39 is 11.0 Å². The van der Waals surface area contributed by atoms with Crippen LogP contribution in [0.25, 0.3) is 11.4 Å². The Labute approximate surface area is 183 Å². The van der Waals surface area contributed by atoms with Gasteiger partial charge in [0, 0.05) is 5.69 Å². The number of pyridine rings is 1. The highest BCUT2D eigenvalue weighted by Crippen LogP contribution is 2.28. The highest BCUT2D eigenvalue weighted by atomic mass is 32.1. The molecule has 0 aliphatic heterocycles. The molecule has 2 heterocycles. The van der Waals surface area contributed by atoms with Gasteiger partial charge in [-0.05, 0) is 51.7 Å². The maximum Gasteiger partial charge on any atom is 0.239 e. The van der Waals surface area contributed by atoms with Gasteiger partial charge in [-0.15, -0.1) is 0 Å². The number of rotatable bonds is 9. The molecule has 6 nitrogen and oxygen atoms in total. The molecule has 2 rings (SSSR count). The van der Waals surface area contributed by atoms with Crippen LogP contribution >= 0.6 is 11.3 Å². The lowest BCUT2D eigenvalue weighted by Crippen LogP contribution is -2.21. The molecule has 3 unspecified atom stereocenters. The molecule has 0 aliphatic rings. The van der Waals surface area contributed by atoms with Crippen LogP contribution < -0.4 is 11.1 Å². The van der Waals surface area contributed by atoms with E-state index in [0.29, 0.717) is 17.9 Å². The first-order valence-corrected chi connectivity index (χ1v) is 11.3.